The summed E-state index contributed by atoms with van der Waals surface area (Å²) < 4.78 is 5.76. The molecule has 0 unspecified atom stereocenters. The normalized spacial score (nSPS) is 10.7. The summed E-state index contributed by atoms with van der Waals surface area (Å²) in [6, 6.07) is 13.7. The van der Waals surface area contributed by atoms with E-state index in [0.717, 1.165) is 5.39 Å². The zero-order valence-corrected chi connectivity index (χ0v) is 16.1. The molecule has 0 aliphatic rings. The van der Waals surface area contributed by atoms with Crippen LogP contribution >= 0.6 is 23.2 Å². The highest BCUT2D eigenvalue weighted by Gasteiger charge is 2.26. The minimum absolute atomic E-state index is 0.0495. The SMILES string of the molecule is O=[N+]([O-])c1c(Nc2ccc(Cl)c(Cl)c2)ncnc1Oc1cccc2cccnc12. The van der Waals surface area contributed by atoms with Crippen LogP contribution in [0.3, 0.4) is 0 Å². The number of nitrogens with zero attached hydrogens (tertiary/aromatic N) is 4. The van der Waals surface area contributed by atoms with E-state index in [2.05, 4.69) is 20.3 Å². The lowest BCUT2D eigenvalue weighted by atomic mass is 10.2. The zero-order chi connectivity index (χ0) is 20.4. The first-order valence-electron chi connectivity index (χ1n) is 8.26. The second-order valence-electron chi connectivity index (χ2n) is 5.82. The molecule has 0 radical (unpaired) electrons. The van der Waals surface area contributed by atoms with Crippen molar-refractivity contribution >= 4 is 51.3 Å². The number of fused-ring (bicyclic) bond motifs is 1. The lowest BCUT2D eigenvalue weighted by Crippen LogP contribution is -2.03. The Hall–Kier alpha value is -3.49. The first-order chi connectivity index (χ1) is 14.0. The van der Waals surface area contributed by atoms with E-state index in [-0.39, 0.29) is 11.7 Å². The van der Waals surface area contributed by atoms with Gasteiger partial charge in [-0.1, -0.05) is 41.4 Å². The highest BCUT2D eigenvalue weighted by molar-refractivity contribution is 6.42. The number of rotatable bonds is 5. The molecule has 0 bridgehead atoms. The molecule has 0 atom stereocenters. The van der Waals surface area contributed by atoms with E-state index in [1.54, 1.807) is 36.5 Å². The van der Waals surface area contributed by atoms with Crippen molar-refractivity contribution in [1.29, 1.82) is 0 Å². The highest BCUT2D eigenvalue weighted by Crippen LogP contribution is 2.37. The number of halogens is 2. The number of hydrogen-bond acceptors (Lipinski definition) is 7. The summed E-state index contributed by atoms with van der Waals surface area (Å²) in [4.78, 5) is 23.3. The summed E-state index contributed by atoms with van der Waals surface area (Å²) in [6.07, 6.45) is 2.78. The van der Waals surface area contributed by atoms with Crippen LogP contribution in [0.15, 0.2) is 61.1 Å². The zero-order valence-electron chi connectivity index (χ0n) is 14.5. The van der Waals surface area contributed by atoms with E-state index in [9.17, 15) is 10.1 Å². The van der Waals surface area contributed by atoms with Crippen LogP contribution in [0, 0.1) is 10.1 Å². The smallest absolute Gasteiger partial charge is 0.373 e. The number of ether oxygens (including phenoxy) is 1. The Balaban J connectivity index is 1.75. The van der Waals surface area contributed by atoms with Gasteiger partial charge in [0.25, 0.3) is 0 Å². The summed E-state index contributed by atoms with van der Waals surface area (Å²) in [5.41, 5.74) is 0.604. The maximum absolute atomic E-state index is 11.8. The van der Waals surface area contributed by atoms with Crippen molar-refractivity contribution in [3.05, 3.63) is 81.2 Å². The summed E-state index contributed by atoms with van der Waals surface area (Å²) in [6.45, 7) is 0. The number of hydrogen-bond donors (Lipinski definition) is 1. The van der Waals surface area contributed by atoms with Crippen molar-refractivity contribution in [2.75, 3.05) is 5.32 Å². The topological polar surface area (TPSA) is 103 Å². The molecular formula is C19H11Cl2N5O3. The van der Waals surface area contributed by atoms with Gasteiger partial charge in [0, 0.05) is 17.3 Å². The maximum Gasteiger partial charge on any atom is 0.373 e. The standard InChI is InChI=1S/C19H11Cl2N5O3/c20-13-7-6-12(9-14(13)21)25-18-17(26(27)28)19(24-10-23-18)29-15-5-1-3-11-4-2-8-22-16(11)15/h1-10H,(H,23,24,25). The minimum Gasteiger partial charge on any atom is -0.431 e. The van der Waals surface area contributed by atoms with E-state index in [0.29, 0.717) is 27.0 Å². The van der Waals surface area contributed by atoms with Gasteiger partial charge in [-0.3, -0.25) is 15.1 Å². The van der Waals surface area contributed by atoms with Crippen molar-refractivity contribution in [2.24, 2.45) is 0 Å². The number of aromatic nitrogens is 3. The van der Waals surface area contributed by atoms with Gasteiger partial charge in [-0.15, -0.1) is 0 Å². The molecule has 0 fully saturated rings. The van der Waals surface area contributed by atoms with E-state index in [4.69, 9.17) is 27.9 Å². The molecule has 0 aliphatic heterocycles. The Bertz CT molecular complexity index is 1230. The number of para-hydroxylation sites is 1. The summed E-state index contributed by atoms with van der Waals surface area (Å²) >= 11 is 11.9. The quantitative estimate of drug-likeness (QED) is 0.318. The number of nitro groups is 1. The van der Waals surface area contributed by atoms with Crippen LogP contribution in [0.2, 0.25) is 10.0 Å². The molecule has 144 valence electrons. The molecule has 10 heteroatoms. The van der Waals surface area contributed by atoms with Gasteiger partial charge in [-0.05, 0) is 30.3 Å². The van der Waals surface area contributed by atoms with Crippen molar-refractivity contribution < 1.29 is 9.66 Å². The summed E-state index contributed by atoms with van der Waals surface area (Å²) in [5, 5.41) is 16.1. The van der Waals surface area contributed by atoms with Gasteiger partial charge in [-0.2, -0.15) is 4.98 Å². The summed E-state index contributed by atoms with van der Waals surface area (Å²) in [7, 11) is 0. The second kappa shape index (κ2) is 7.86. The molecule has 2 aromatic carbocycles. The average Bonchev–Trinajstić information content (AvgIpc) is 2.71. The van der Waals surface area contributed by atoms with E-state index in [1.807, 2.05) is 12.1 Å². The third kappa shape index (κ3) is 3.89. The molecule has 2 aromatic heterocycles. The molecule has 8 nitrogen and oxygen atoms in total. The molecule has 0 saturated heterocycles. The Morgan fingerprint density at radius 1 is 1.00 bits per heavy atom. The molecule has 0 aliphatic carbocycles. The van der Waals surface area contributed by atoms with Crippen LogP contribution in [-0.4, -0.2) is 19.9 Å². The first kappa shape index (κ1) is 18.9. The maximum atomic E-state index is 11.8. The Labute approximate surface area is 174 Å². The lowest BCUT2D eigenvalue weighted by molar-refractivity contribution is -0.385. The lowest BCUT2D eigenvalue weighted by Gasteiger charge is -2.11. The van der Waals surface area contributed by atoms with E-state index in [1.165, 1.54) is 12.4 Å². The van der Waals surface area contributed by atoms with Crippen LogP contribution in [0.5, 0.6) is 11.6 Å². The van der Waals surface area contributed by atoms with Crippen LogP contribution in [0.4, 0.5) is 17.2 Å². The Kier molecular flexibility index (Phi) is 5.11. The van der Waals surface area contributed by atoms with Gasteiger partial charge < -0.3 is 10.1 Å². The highest BCUT2D eigenvalue weighted by atomic mass is 35.5. The predicted molar refractivity (Wildman–Crippen MR) is 110 cm³/mol. The number of nitrogens with one attached hydrogen (secondary N) is 1. The Morgan fingerprint density at radius 3 is 2.62 bits per heavy atom. The molecule has 0 amide bonds. The summed E-state index contributed by atoms with van der Waals surface area (Å²) in [5.74, 6) is 0.0719. The van der Waals surface area contributed by atoms with Crippen LogP contribution in [0.25, 0.3) is 10.9 Å². The van der Waals surface area contributed by atoms with Crippen molar-refractivity contribution in [1.82, 2.24) is 15.0 Å². The van der Waals surface area contributed by atoms with E-state index >= 15 is 0 Å². The molecule has 0 spiro atoms. The van der Waals surface area contributed by atoms with Gasteiger partial charge in [-0.25, -0.2) is 4.98 Å². The third-order valence-corrected chi connectivity index (χ3v) is 4.69. The molecule has 4 rings (SSSR count). The van der Waals surface area contributed by atoms with Gasteiger partial charge in [0.15, 0.2) is 5.75 Å². The fourth-order valence-corrected chi connectivity index (χ4v) is 2.96. The minimum atomic E-state index is -0.617. The monoisotopic (exact) mass is 427 g/mol. The molecular weight excluding hydrogens is 417 g/mol. The van der Waals surface area contributed by atoms with Crippen molar-refractivity contribution in [2.45, 2.75) is 0 Å². The fraction of sp³-hybridized carbons (Fsp3) is 0. The number of benzene rings is 2. The van der Waals surface area contributed by atoms with Gasteiger partial charge in [0.2, 0.25) is 5.82 Å². The van der Waals surface area contributed by atoms with Crippen LogP contribution in [0.1, 0.15) is 0 Å². The van der Waals surface area contributed by atoms with Gasteiger partial charge >= 0.3 is 11.6 Å². The molecule has 2 heterocycles. The van der Waals surface area contributed by atoms with E-state index < -0.39 is 10.6 Å². The third-order valence-electron chi connectivity index (χ3n) is 3.96. The van der Waals surface area contributed by atoms with Gasteiger partial charge in [0.05, 0.1) is 15.0 Å². The second-order valence-corrected chi connectivity index (χ2v) is 6.63. The van der Waals surface area contributed by atoms with Crippen LogP contribution in [-0.2, 0) is 0 Å². The molecule has 0 saturated carbocycles. The fourth-order valence-electron chi connectivity index (χ4n) is 2.67. The number of pyridine rings is 1. The van der Waals surface area contributed by atoms with Crippen molar-refractivity contribution in [3.63, 3.8) is 0 Å². The Morgan fingerprint density at radius 2 is 1.83 bits per heavy atom. The number of anilines is 2. The van der Waals surface area contributed by atoms with Crippen LogP contribution < -0.4 is 10.1 Å². The largest absolute Gasteiger partial charge is 0.431 e. The van der Waals surface area contributed by atoms with Gasteiger partial charge in [0.1, 0.15) is 11.8 Å². The first-order valence-corrected chi connectivity index (χ1v) is 9.01. The molecule has 29 heavy (non-hydrogen) atoms. The van der Waals surface area contributed by atoms with Crippen molar-refractivity contribution in [3.8, 4) is 11.6 Å². The average molecular weight is 428 g/mol. The predicted octanol–water partition coefficient (Wildman–Crippen LogP) is 5.78. The molecule has 1 N–H and O–H groups in total. The molecule has 4 aromatic rings.